The van der Waals surface area contributed by atoms with E-state index in [1.807, 2.05) is 41.3 Å². The van der Waals surface area contributed by atoms with Crippen LogP contribution in [0, 0.1) is 0 Å². The topological polar surface area (TPSA) is 51.7 Å². The van der Waals surface area contributed by atoms with Crippen LogP contribution in [-0.2, 0) is 11.2 Å². The van der Waals surface area contributed by atoms with Crippen molar-refractivity contribution >= 4 is 27.5 Å². The molecule has 0 N–H and O–H groups in total. The molecule has 6 heteroatoms. The molecule has 0 spiro atoms. The van der Waals surface area contributed by atoms with E-state index in [1.165, 1.54) is 9.71 Å². The molecule has 156 valence electrons. The lowest BCUT2D eigenvalue weighted by Crippen LogP contribution is -2.40. The fourth-order valence-corrected chi connectivity index (χ4v) is 4.93. The van der Waals surface area contributed by atoms with Crippen LogP contribution in [0.3, 0.4) is 0 Å². The van der Waals surface area contributed by atoms with Crippen LogP contribution in [0.4, 0.5) is 0 Å². The number of benzene rings is 2. The van der Waals surface area contributed by atoms with Gasteiger partial charge >= 0.3 is 0 Å². The van der Waals surface area contributed by atoms with Gasteiger partial charge in [-0.15, -0.1) is 17.9 Å². The molecular weight excluding hydrogens is 396 g/mol. The van der Waals surface area contributed by atoms with Crippen LogP contribution in [0.2, 0.25) is 0 Å². The van der Waals surface area contributed by atoms with E-state index in [0.717, 1.165) is 43.4 Å². The number of aromatic nitrogens is 1. The van der Waals surface area contributed by atoms with E-state index in [9.17, 15) is 4.79 Å². The van der Waals surface area contributed by atoms with E-state index in [0.29, 0.717) is 17.4 Å². The molecule has 0 bridgehead atoms. The molecule has 0 radical (unpaired) electrons. The summed E-state index contributed by atoms with van der Waals surface area (Å²) in [5.74, 6) is 1.65. The zero-order valence-corrected chi connectivity index (χ0v) is 18.0. The van der Waals surface area contributed by atoms with E-state index in [-0.39, 0.29) is 12.5 Å². The normalized spacial score (nSPS) is 14.6. The number of hydrogen-bond donors (Lipinski definition) is 0. The van der Waals surface area contributed by atoms with E-state index < -0.39 is 0 Å². The number of carbonyl (C=O) groups is 1. The van der Waals surface area contributed by atoms with Crippen molar-refractivity contribution in [1.29, 1.82) is 0 Å². The van der Waals surface area contributed by atoms with Crippen LogP contribution in [0.5, 0.6) is 11.5 Å². The Morgan fingerprint density at radius 1 is 1.23 bits per heavy atom. The van der Waals surface area contributed by atoms with Crippen LogP contribution < -0.4 is 9.47 Å². The van der Waals surface area contributed by atoms with Gasteiger partial charge < -0.3 is 14.4 Å². The molecule has 4 rings (SSSR count). The van der Waals surface area contributed by atoms with Crippen molar-refractivity contribution in [3.63, 3.8) is 0 Å². The molecule has 2 heterocycles. The Bertz CT molecular complexity index is 1000. The summed E-state index contributed by atoms with van der Waals surface area (Å²) >= 11 is 1.77. The highest BCUT2D eigenvalue weighted by molar-refractivity contribution is 7.18. The Hall–Kier alpha value is -2.86. The van der Waals surface area contributed by atoms with Crippen molar-refractivity contribution in [2.24, 2.45) is 0 Å². The maximum atomic E-state index is 12.7. The van der Waals surface area contributed by atoms with Gasteiger partial charge in [-0.3, -0.25) is 4.79 Å². The van der Waals surface area contributed by atoms with Crippen molar-refractivity contribution in [3.05, 3.63) is 65.7 Å². The third-order valence-corrected chi connectivity index (χ3v) is 6.67. The van der Waals surface area contributed by atoms with Gasteiger partial charge in [0, 0.05) is 19.0 Å². The summed E-state index contributed by atoms with van der Waals surface area (Å²) < 4.78 is 12.4. The zero-order valence-electron chi connectivity index (χ0n) is 17.2. The van der Waals surface area contributed by atoms with E-state index in [1.54, 1.807) is 18.4 Å². The Morgan fingerprint density at radius 3 is 2.77 bits per heavy atom. The minimum atomic E-state index is 0.00923. The van der Waals surface area contributed by atoms with Crippen LogP contribution in [0.25, 0.3) is 10.2 Å². The molecule has 5 nitrogen and oxygen atoms in total. The number of amides is 1. The predicted octanol–water partition coefficient (Wildman–Crippen LogP) is 4.82. The molecule has 2 aromatic carbocycles. The molecule has 1 aromatic heterocycles. The summed E-state index contributed by atoms with van der Waals surface area (Å²) in [7, 11) is 1.61. The first-order valence-electron chi connectivity index (χ1n) is 10.2. The van der Waals surface area contributed by atoms with E-state index in [4.69, 9.17) is 14.5 Å². The largest absolute Gasteiger partial charge is 0.493 e. The van der Waals surface area contributed by atoms with Crippen molar-refractivity contribution < 1.29 is 14.3 Å². The number of fused-ring (bicyclic) bond motifs is 1. The molecule has 1 saturated heterocycles. The molecule has 0 saturated carbocycles. The summed E-state index contributed by atoms with van der Waals surface area (Å²) in [4.78, 5) is 19.3. The van der Waals surface area contributed by atoms with Crippen molar-refractivity contribution in [2.45, 2.75) is 25.2 Å². The fourth-order valence-electron chi connectivity index (χ4n) is 3.80. The van der Waals surface area contributed by atoms with Crippen molar-refractivity contribution in [2.75, 3.05) is 26.8 Å². The average molecular weight is 423 g/mol. The molecule has 0 unspecified atom stereocenters. The standard InChI is InChI=1S/C24H26N2O3S/c1-3-6-17-9-10-20(21(15-17)28-2)29-16-23(27)26-13-11-18(12-14-26)24-25-19-7-4-5-8-22(19)30-24/h3-5,7-10,15,18H,1,6,11-14,16H2,2H3. The number of rotatable bonds is 7. The number of methoxy groups -OCH3 is 1. The summed E-state index contributed by atoms with van der Waals surface area (Å²) in [5, 5.41) is 1.18. The highest BCUT2D eigenvalue weighted by Gasteiger charge is 2.26. The Balaban J connectivity index is 1.32. The van der Waals surface area contributed by atoms with Crippen LogP contribution in [0.1, 0.15) is 29.3 Å². The average Bonchev–Trinajstić information content (AvgIpc) is 3.22. The number of ether oxygens (including phenoxy) is 2. The van der Waals surface area contributed by atoms with Crippen LogP contribution in [0.15, 0.2) is 55.1 Å². The Kier molecular flexibility index (Phi) is 6.33. The summed E-state index contributed by atoms with van der Waals surface area (Å²) in [6, 6.07) is 14.0. The van der Waals surface area contributed by atoms with Crippen LogP contribution >= 0.6 is 11.3 Å². The summed E-state index contributed by atoms with van der Waals surface area (Å²) in [5.41, 5.74) is 2.16. The number of carbonyl (C=O) groups excluding carboxylic acids is 1. The number of allylic oxidation sites excluding steroid dienone is 1. The fraction of sp³-hybridized carbons (Fsp3) is 0.333. The second kappa shape index (κ2) is 9.30. The van der Waals surface area contributed by atoms with Gasteiger partial charge in [-0.2, -0.15) is 0 Å². The quantitative estimate of drug-likeness (QED) is 0.512. The van der Waals surface area contributed by atoms with Gasteiger partial charge in [0.05, 0.1) is 22.3 Å². The number of thiazole rings is 1. The Morgan fingerprint density at radius 2 is 2.03 bits per heavy atom. The van der Waals surface area contributed by atoms with Gasteiger partial charge in [0.1, 0.15) is 0 Å². The smallest absolute Gasteiger partial charge is 0.260 e. The minimum absolute atomic E-state index is 0.00923. The Labute approximate surface area is 180 Å². The van der Waals surface area contributed by atoms with Gasteiger partial charge in [0.15, 0.2) is 18.1 Å². The van der Waals surface area contributed by atoms with E-state index in [2.05, 4.69) is 18.7 Å². The van der Waals surface area contributed by atoms with Crippen molar-refractivity contribution in [1.82, 2.24) is 9.88 Å². The first-order chi connectivity index (χ1) is 14.7. The number of hydrogen-bond acceptors (Lipinski definition) is 5. The lowest BCUT2D eigenvalue weighted by atomic mass is 9.97. The van der Waals surface area contributed by atoms with Crippen molar-refractivity contribution in [3.8, 4) is 11.5 Å². The summed E-state index contributed by atoms with van der Waals surface area (Å²) in [6.07, 6.45) is 4.48. The first-order valence-corrected chi connectivity index (χ1v) is 11.0. The van der Waals surface area contributed by atoms with Gasteiger partial charge in [-0.05, 0) is 49.1 Å². The number of nitrogens with zero attached hydrogens (tertiary/aromatic N) is 2. The lowest BCUT2D eigenvalue weighted by molar-refractivity contribution is -0.134. The molecule has 0 atom stereocenters. The first kappa shape index (κ1) is 20.4. The van der Waals surface area contributed by atoms with Gasteiger partial charge in [-0.25, -0.2) is 4.98 Å². The maximum Gasteiger partial charge on any atom is 0.260 e. The highest BCUT2D eigenvalue weighted by atomic mass is 32.1. The van der Waals surface area contributed by atoms with Gasteiger partial charge in [-0.1, -0.05) is 24.3 Å². The molecule has 1 aliphatic heterocycles. The second-order valence-electron chi connectivity index (χ2n) is 7.44. The van der Waals surface area contributed by atoms with Crippen LogP contribution in [-0.4, -0.2) is 42.6 Å². The predicted molar refractivity (Wildman–Crippen MR) is 121 cm³/mol. The molecule has 1 amide bonds. The zero-order chi connectivity index (χ0) is 20.9. The number of likely N-dealkylation sites (tertiary alicyclic amines) is 1. The van der Waals surface area contributed by atoms with Gasteiger partial charge in [0.2, 0.25) is 0 Å². The molecule has 1 fully saturated rings. The highest BCUT2D eigenvalue weighted by Crippen LogP contribution is 2.34. The summed E-state index contributed by atoms with van der Waals surface area (Å²) in [6.45, 7) is 5.24. The third kappa shape index (κ3) is 4.49. The minimum Gasteiger partial charge on any atom is -0.493 e. The monoisotopic (exact) mass is 422 g/mol. The molecule has 3 aromatic rings. The third-order valence-electron chi connectivity index (χ3n) is 5.47. The molecule has 0 aliphatic carbocycles. The molecular formula is C24H26N2O3S. The number of para-hydroxylation sites is 1. The second-order valence-corrected chi connectivity index (χ2v) is 8.50. The SMILES string of the molecule is C=CCc1ccc(OCC(=O)N2CCC(c3nc4ccccc4s3)CC2)c(OC)c1. The van der Waals surface area contributed by atoms with E-state index >= 15 is 0 Å². The maximum absolute atomic E-state index is 12.7. The molecule has 30 heavy (non-hydrogen) atoms. The number of piperidine rings is 1. The van der Waals surface area contributed by atoms with Gasteiger partial charge in [0.25, 0.3) is 5.91 Å². The lowest BCUT2D eigenvalue weighted by Gasteiger charge is -2.31. The molecule has 1 aliphatic rings.